The first-order valence-electron chi connectivity index (χ1n) is 9.73. The van der Waals surface area contributed by atoms with Gasteiger partial charge in [-0.15, -0.1) is 0 Å². The highest BCUT2D eigenvalue weighted by Crippen LogP contribution is 2.12. The maximum Gasteiger partial charge on any atom is 0.343 e. The lowest BCUT2D eigenvalue weighted by Crippen LogP contribution is -2.12. The van der Waals surface area contributed by atoms with Gasteiger partial charge in [0.05, 0.1) is 7.11 Å². The minimum absolute atomic E-state index is 0.0509. The quantitative estimate of drug-likeness (QED) is 0.503. The van der Waals surface area contributed by atoms with Crippen molar-refractivity contribution in [3.63, 3.8) is 0 Å². The number of carbonyl (C=O) groups is 1. The van der Waals surface area contributed by atoms with Gasteiger partial charge in [0, 0.05) is 13.2 Å². The molecular formula is C22H38O4. The van der Waals surface area contributed by atoms with E-state index in [0.717, 1.165) is 19.6 Å². The number of hydrogen-bond acceptors (Lipinski definition) is 4. The Morgan fingerprint density at radius 1 is 1.04 bits per heavy atom. The molecule has 1 heterocycles. The monoisotopic (exact) mass is 366 g/mol. The van der Waals surface area contributed by atoms with Crippen LogP contribution in [-0.4, -0.2) is 32.9 Å². The topological polar surface area (TPSA) is 44.8 Å². The molecule has 1 aromatic carbocycles. The van der Waals surface area contributed by atoms with Crippen LogP contribution in [0.15, 0.2) is 36.4 Å². The molecule has 150 valence electrons. The summed E-state index contributed by atoms with van der Waals surface area (Å²) < 4.78 is 14.8. The molecule has 4 nitrogen and oxygen atoms in total. The Bertz CT molecular complexity index is 422. The highest BCUT2D eigenvalue weighted by molar-refractivity contribution is 5.70. The fourth-order valence-corrected chi connectivity index (χ4v) is 1.86. The Kier molecular flexibility index (Phi) is 21.6. The van der Waals surface area contributed by atoms with Crippen molar-refractivity contribution >= 4 is 5.97 Å². The molecule has 1 saturated heterocycles. The molecular weight excluding hydrogens is 328 g/mol. The van der Waals surface area contributed by atoms with Gasteiger partial charge >= 0.3 is 5.97 Å². The summed E-state index contributed by atoms with van der Waals surface area (Å²) in [5.74, 6) is 0.299. The van der Waals surface area contributed by atoms with Crippen molar-refractivity contribution in [3.05, 3.63) is 42.0 Å². The predicted molar refractivity (Wildman–Crippen MR) is 110 cm³/mol. The lowest BCUT2D eigenvalue weighted by Gasteiger charge is -2.08. The Morgan fingerprint density at radius 2 is 1.62 bits per heavy atom. The van der Waals surface area contributed by atoms with Crippen LogP contribution in [0, 0.1) is 0 Å². The predicted octanol–water partition coefficient (Wildman–Crippen LogP) is 5.60. The Balaban J connectivity index is 0. The standard InChI is InChI=1S/C13H16O3.C5H10O.2C2H6/c1-3-4-5-11-6-8-12(9-7-11)16-10-13(14)15-2;1-2-4-6-5-3-1;2*1-2/h3-4,6-9H,5,10H2,1-2H3;1-5H2;2*1-2H3/b4-3-;;;. The second kappa shape index (κ2) is 21.2. The SMILES string of the molecule is C/C=C\Cc1ccc(OCC(=O)OC)cc1.C1CCOCC1.CC.CC. The van der Waals surface area contributed by atoms with Crippen molar-refractivity contribution in [1.29, 1.82) is 0 Å². The molecule has 0 amide bonds. The van der Waals surface area contributed by atoms with Gasteiger partial charge in [-0.1, -0.05) is 52.0 Å². The smallest absolute Gasteiger partial charge is 0.343 e. The van der Waals surface area contributed by atoms with Gasteiger partial charge in [-0.3, -0.25) is 0 Å². The number of benzene rings is 1. The average molecular weight is 367 g/mol. The molecule has 0 N–H and O–H groups in total. The molecule has 0 atom stereocenters. The van der Waals surface area contributed by atoms with E-state index in [-0.39, 0.29) is 12.6 Å². The van der Waals surface area contributed by atoms with Crippen LogP contribution >= 0.6 is 0 Å². The number of rotatable bonds is 5. The van der Waals surface area contributed by atoms with E-state index in [1.54, 1.807) is 0 Å². The largest absolute Gasteiger partial charge is 0.482 e. The van der Waals surface area contributed by atoms with Gasteiger partial charge in [0.15, 0.2) is 6.61 Å². The summed E-state index contributed by atoms with van der Waals surface area (Å²) in [5.41, 5.74) is 1.21. The average Bonchev–Trinajstić information content (AvgIpc) is 2.75. The molecule has 0 radical (unpaired) electrons. The normalized spacial score (nSPS) is 12.4. The molecule has 0 saturated carbocycles. The fraction of sp³-hybridized carbons (Fsp3) is 0.591. The maximum atomic E-state index is 10.8. The van der Waals surface area contributed by atoms with Gasteiger partial charge in [0.2, 0.25) is 0 Å². The third-order valence-corrected chi connectivity index (χ3v) is 3.17. The highest BCUT2D eigenvalue weighted by atomic mass is 16.6. The van der Waals surface area contributed by atoms with Crippen molar-refractivity contribution < 1.29 is 19.0 Å². The molecule has 1 aliphatic rings. The third kappa shape index (κ3) is 15.7. The number of allylic oxidation sites excluding steroid dienone is 2. The highest BCUT2D eigenvalue weighted by Gasteiger charge is 2.01. The summed E-state index contributed by atoms with van der Waals surface area (Å²) in [7, 11) is 1.34. The van der Waals surface area contributed by atoms with Gasteiger partial charge in [-0.2, -0.15) is 0 Å². The van der Waals surface area contributed by atoms with Crippen LogP contribution in [0.25, 0.3) is 0 Å². The summed E-state index contributed by atoms with van der Waals surface area (Å²) >= 11 is 0. The van der Waals surface area contributed by atoms with Crippen molar-refractivity contribution in [3.8, 4) is 5.75 Å². The first-order chi connectivity index (χ1) is 12.8. The van der Waals surface area contributed by atoms with E-state index in [1.165, 1.54) is 31.9 Å². The molecule has 0 aliphatic carbocycles. The van der Waals surface area contributed by atoms with Crippen LogP contribution < -0.4 is 4.74 Å². The van der Waals surface area contributed by atoms with Crippen molar-refractivity contribution in [2.75, 3.05) is 26.9 Å². The number of hydrogen-bond donors (Lipinski definition) is 0. The summed E-state index contributed by atoms with van der Waals surface area (Å²) in [6, 6.07) is 7.66. The second-order valence-corrected chi connectivity index (χ2v) is 4.95. The minimum atomic E-state index is -0.377. The van der Waals surface area contributed by atoms with E-state index in [9.17, 15) is 4.79 Å². The van der Waals surface area contributed by atoms with Crippen molar-refractivity contribution in [2.45, 2.75) is 60.3 Å². The lowest BCUT2D eigenvalue weighted by molar-refractivity contribution is -0.142. The first-order valence-corrected chi connectivity index (χ1v) is 9.73. The molecule has 0 unspecified atom stereocenters. The van der Waals surface area contributed by atoms with Gasteiger partial charge in [-0.05, 0) is 50.3 Å². The minimum Gasteiger partial charge on any atom is -0.482 e. The molecule has 2 rings (SSSR count). The number of ether oxygens (including phenoxy) is 3. The number of esters is 1. The van der Waals surface area contributed by atoms with Crippen LogP contribution in [0.3, 0.4) is 0 Å². The fourth-order valence-electron chi connectivity index (χ4n) is 1.86. The molecule has 0 spiro atoms. The molecule has 1 aromatic rings. The van der Waals surface area contributed by atoms with Crippen LogP contribution in [0.4, 0.5) is 0 Å². The van der Waals surface area contributed by atoms with Crippen molar-refractivity contribution in [1.82, 2.24) is 0 Å². The van der Waals surface area contributed by atoms with Gasteiger partial charge in [0.1, 0.15) is 5.75 Å². The molecule has 26 heavy (non-hydrogen) atoms. The lowest BCUT2D eigenvalue weighted by atomic mass is 10.1. The summed E-state index contributed by atoms with van der Waals surface area (Å²) in [6.07, 6.45) is 8.94. The third-order valence-electron chi connectivity index (χ3n) is 3.17. The Labute approximate surface area is 160 Å². The van der Waals surface area contributed by atoms with E-state index < -0.39 is 0 Å². The van der Waals surface area contributed by atoms with Gasteiger partial charge < -0.3 is 14.2 Å². The molecule has 1 aliphatic heterocycles. The zero-order valence-electron chi connectivity index (χ0n) is 17.5. The van der Waals surface area contributed by atoms with Crippen LogP contribution in [0.2, 0.25) is 0 Å². The molecule has 4 heteroatoms. The second-order valence-electron chi connectivity index (χ2n) is 4.95. The maximum absolute atomic E-state index is 10.8. The van der Waals surface area contributed by atoms with E-state index >= 15 is 0 Å². The van der Waals surface area contributed by atoms with Gasteiger partial charge in [-0.25, -0.2) is 4.79 Å². The van der Waals surface area contributed by atoms with E-state index in [2.05, 4.69) is 10.8 Å². The van der Waals surface area contributed by atoms with E-state index in [1.807, 2.05) is 65.0 Å². The Morgan fingerprint density at radius 3 is 2.00 bits per heavy atom. The molecule has 0 bridgehead atoms. The zero-order chi connectivity index (χ0) is 20.0. The Hall–Kier alpha value is -1.81. The summed E-state index contributed by atoms with van der Waals surface area (Å²) in [4.78, 5) is 10.8. The number of methoxy groups -OCH3 is 1. The number of carbonyl (C=O) groups excluding carboxylic acids is 1. The van der Waals surface area contributed by atoms with Crippen LogP contribution in [0.1, 0.15) is 59.4 Å². The van der Waals surface area contributed by atoms with Gasteiger partial charge in [0.25, 0.3) is 0 Å². The zero-order valence-corrected chi connectivity index (χ0v) is 17.5. The van der Waals surface area contributed by atoms with Crippen LogP contribution in [0.5, 0.6) is 5.75 Å². The molecule has 0 aromatic heterocycles. The van der Waals surface area contributed by atoms with Crippen molar-refractivity contribution in [2.24, 2.45) is 0 Å². The first kappa shape index (κ1) is 26.4. The van der Waals surface area contributed by atoms with E-state index in [4.69, 9.17) is 9.47 Å². The summed E-state index contributed by atoms with van der Waals surface area (Å²) in [6.45, 7) is 11.9. The van der Waals surface area contributed by atoms with Crippen LogP contribution in [-0.2, 0) is 20.7 Å². The summed E-state index contributed by atoms with van der Waals surface area (Å²) in [5, 5.41) is 0. The van der Waals surface area contributed by atoms with E-state index in [0.29, 0.717) is 5.75 Å². The molecule has 1 fully saturated rings.